The van der Waals surface area contributed by atoms with Gasteiger partial charge in [-0.3, -0.25) is 0 Å². The Kier molecular flexibility index (Phi) is 7.01. The van der Waals surface area contributed by atoms with Crippen LogP contribution in [0.4, 0.5) is 4.39 Å². The highest BCUT2D eigenvalue weighted by Crippen LogP contribution is 2.48. The lowest BCUT2D eigenvalue weighted by atomic mass is 10.0. The molecule has 4 aromatic heterocycles. The lowest BCUT2D eigenvalue weighted by molar-refractivity contribution is 0.611. The van der Waals surface area contributed by atoms with Gasteiger partial charge in [0.1, 0.15) is 11.3 Å². The van der Waals surface area contributed by atoms with Crippen molar-refractivity contribution < 1.29 is 8.81 Å². The molecule has 0 fully saturated rings. The van der Waals surface area contributed by atoms with Gasteiger partial charge in [0.15, 0.2) is 28.9 Å². The number of benzene rings is 8. The fourth-order valence-corrected chi connectivity index (χ4v) is 8.77. The molecule has 0 saturated heterocycles. The molecule has 0 N–H and O–H groups in total. The van der Waals surface area contributed by atoms with E-state index in [2.05, 4.69) is 41.0 Å². The van der Waals surface area contributed by atoms with E-state index in [1.807, 2.05) is 150 Å². The van der Waals surface area contributed by atoms with Crippen LogP contribution in [-0.2, 0) is 0 Å². The van der Waals surface area contributed by atoms with Crippen molar-refractivity contribution in [3.8, 4) is 45.5 Å². The van der Waals surface area contributed by atoms with E-state index in [1.54, 1.807) is 0 Å². The van der Waals surface area contributed by atoms with Crippen LogP contribution in [0.2, 0.25) is 0 Å². The van der Waals surface area contributed by atoms with E-state index < -0.39 is 5.82 Å². The van der Waals surface area contributed by atoms with Crippen LogP contribution < -0.4 is 0 Å². The zero-order valence-corrected chi connectivity index (χ0v) is 30.8. The third kappa shape index (κ3) is 4.67. The van der Waals surface area contributed by atoms with E-state index in [0.717, 1.165) is 65.5 Å². The number of hydrogen-bond acceptors (Lipinski definition) is 4. The summed E-state index contributed by atoms with van der Waals surface area (Å²) in [6.45, 7) is 0. The average molecular weight is 748 g/mol. The summed E-state index contributed by atoms with van der Waals surface area (Å²) in [5.74, 6) is 0.565. The molecule has 0 unspecified atom stereocenters. The second-order valence-electron chi connectivity index (χ2n) is 14.5. The summed E-state index contributed by atoms with van der Waals surface area (Å²) in [6.07, 6.45) is 0. The highest BCUT2D eigenvalue weighted by molar-refractivity contribution is 6.19. The molecule has 0 bridgehead atoms. The van der Waals surface area contributed by atoms with E-state index in [0.29, 0.717) is 28.5 Å². The van der Waals surface area contributed by atoms with Crippen LogP contribution in [0.1, 0.15) is 0 Å². The van der Waals surface area contributed by atoms with Gasteiger partial charge < -0.3 is 13.6 Å². The quantitative estimate of drug-likeness (QED) is 0.176. The van der Waals surface area contributed by atoms with Crippen LogP contribution in [0, 0.1) is 5.82 Å². The first-order valence-corrected chi connectivity index (χ1v) is 19.2. The maximum atomic E-state index is 19.2. The van der Waals surface area contributed by atoms with Gasteiger partial charge in [-0.05, 0) is 30.3 Å². The Labute approximate surface area is 330 Å². The third-order valence-corrected chi connectivity index (χ3v) is 11.2. The van der Waals surface area contributed by atoms with Crippen molar-refractivity contribution in [2.75, 3.05) is 0 Å². The summed E-state index contributed by atoms with van der Waals surface area (Å²) < 4.78 is 30.2. The standard InChI is InChI=1S/C51H30FN5O/c52-45-44(51-54-49(31-17-3-1-4-18-31)53-50(55-51)32-19-5-2-6-20-32)46(56-38-26-12-7-21-33(38)34-22-8-13-27-39(34)56)43-37-25-11-16-30-42(37)58-48(43)47(45)57-40-28-14-9-23-35(40)36-24-10-15-29-41(36)57/h1-30H. The second kappa shape index (κ2) is 12.6. The number of furan rings is 1. The first kappa shape index (κ1) is 32.4. The molecule has 0 radical (unpaired) electrons. The SMILES string of the molecule is Fc1c(-c2nc(-c3ccccc3)nc(-c3ccccc3)n2)c(-n2c3ccccc3c3ccccc32)c2c(oc3ccccc32)c1-n1c2ccccc2c2ccccc21. The molecular weight excluding hydrogens is 718 g/mol. The molecule has 0 aliphatic heterocycles. The fourth-order valence-electron chi connectivity index (χ4n) is 8.77. The maximum absolute atomic E-state index is 19.2. The molecule has 0 atom stereocenters. The summed E-state index contributed by atoms with van der Waals surface area (Å²) in [4.78, 5) is 15.4. The van der Waals surface area contributed by atoms with E-state index in [9.17, 15) is 0 Å². The monoisotopic (exact) mass is 747 g/mol. The molecule has 6 nitrogen and oxygen atoms in total. The molecule has 0 aliphatic rings. The van der Waals surface area contributed by atoms with Gasteiger partial charge >= 0.3 is 0 Å². The number of rotatable bonds is 5. The second-order valence-corrected chi connectivity index (χ2v) is 14.5. The van der Waals surface area contributed by atoms with Crippen LogP contribution in [0.3, 0.4) is 0 Å². The minimum absolute atomic E-state index is 0.205. The predicted molar refractivity (Wildman–Crippen MR) is 232 cm³/mol. The zero-order chi connectivity index (χ0) is 38.3. The van der Waals surface area contributed by atoms with E-state index in [-0.39, 0.29) is 17.1 Å². The van der Waals surface area contributed by atoms with E-state index in [1.165, 1.54) is 0 Å². The number of para-hydroxylation sites is 5. The first-order valence-electron chi connectivity index (χ1n) is 19.2. The molecule has 58 heavy (non-hydrogen) atoms. The van der Waals surface area contributed by atoms with Crippen molar-refractivity contribution in [1.29, 1.82) is 0 Å². The first-order chi connectivity index (χ1) is 28.7. The Bertz CT molecular complexity index is 3420. The Balaban J connectivity index is 1.34. The van der Waals surface area contributed by atoms with Crippen molar-refractivity contribution in [3.05, 3.63) is 188 Å². The van der Waals surface area contributed by atoms with Crippen molar-refractivity contribution in [2.45, 2.75) is 0 Å². The van der Waals surface area contributed by atoms with E-state index >= 15 is 4.39 Å². The van der Waals surface area contributed by atoms with Gasteiger partial charge in [0.25, 0.3) is 0 Å². The number of halogens is 1. The summed E-state index contributed by atoms with van der Waals surface area (Å²) in [7, 11) is 0. The number of fused-ring (bicyclic) bond motifs is 9. The van der Waals surface area contributed by atoms with Crippen LogP contribution in [-0.4, -0.2) is 24.1 Å². The van der Waals surface area contributed by atoms with Gasteiger partial charge in [0.05, 0.1) is 38.7 Å². The topological polar surface area (TPSA) is 61.7 Å². The largest absolute Gasteiger partial charge is 0.454 e. The van der Waals surface area contributed by atoms with Gasteiger partial charge in [0.2, 0.25) is 0 Å². The van der Waals surface area contributed by atoms with Gasteiger partial charge in [-0.15, -0.1) is 0 Å². The number of aromatic nitrogens is 5. The Hall–Kier alpha value is -7.90. The number of nitrogens with zero attached hydrogens (tertiary/aromatic N) is 5. The molecule has 0 amide bonds. The molecule has 12 rings (SSSR count). The summed E-state index contributed by atoms with van der Waals surface area (Å²) >= 11 is 0. The summed E-state index contributed by atoms with van der Waals surface area (Å²) in [5, 5.41) is 5.70. The van der Waals surface area contributed by atoms with Crippen molar-refractivity contribution >= 4 is 65.6 Å². The molecule has 4 heterocycles. The highest BCUT2D eigenvalue weighted by Gasteiger charge is 2.32. The molecular formula is C51H30FN5O. The predicted octanol–water partition coefficient (Wildman–Crippen LogP) is 13.1. The van der Waals surface area contributed by atoms with Crippen LogP contribution >= 0.6 is 0 Å². The molecule has 12 aromatic rings. The van der Waals surface area contributed by atoms with Gasteiger partial charge in [-0.25, -0.2) is 19.3 Å². The Morgan fingerprint density at radius 3 is 1.24 bits per heavy atom. The molecule has 0 spiro atoms. The molecule has 8 aromatic carbocycles. The zero-order valence-electron chi connectivity index (χ0n) is 30.8. The third-order valence-electron chi connectivity index (χ3n) is 11.2. The van der Waals surface area contributed by atoms with Gasteiger partial charge in [0, 0.05) is 38.1 Å². The van der Waals surface area contributed by atoms with Gasteiger partial charge in [-0.1, -0.05) is 152 Å². The summed E-state index contributed by atoms with van der Waals surface area (Å²) in [6, 6.07) is 60.3. The van der Waals surface area contributed by atoms with Crippen LogP contribution in [0.25, 0.3) is 111 Å². The molecule has 272 valence electrons. The van der Waals surface area contributed by atoms with E-state index in [4.69, 9.17) is 19.4 Å². The Morgan fingerprint density at radius 2 is 0.759 bits per heavy atom. The minimum atomic E-state index is -0.515. The molecule has 0 aliphatic carbocycles. The highest BCUT2D eigenvalue weighted by atomic mass is 19.1. The minimum Gasteiger partial charge on any atom is -0.454 e. The van der Waals surface area contributed by atoms with Crippen molar-refractivity contribution in [3.63, 3.8) is 0 Å². The van der Waals surface area contributed by atoms with Crippen molar-refractivity contribution in [1.82, 2.24) is 24.1 Å². The number of hydrogen-bond donors (Lipinski definition) is 0. The van der Waals surface area contributed by atoms with Crippen molar-refractivity contribution in [2.24, 2.45) is 0 Å². The molecule has 7 heteroatoms. The fraction of sp³-hybridized carbons (Fsp3) is 0. The lowest BCUT2D eigenvalue weighted by Crippen LogP contribution is -2.09. The lowest BCUT2D eigenvalue weighted by Gasteiger charge is -2.20. The van der Waals surface area contributed by atoms with Crippen LogP contribution in [0.15, 0.2) is 186 Å². The smallest absolute Gasteiger partial charge is 0.169 e. The molecule has 0 saturated carbocycles. The maximum Gasteiger partial charge on any atom is 0.169 e. The summed E-state index contributed by atoms with van der Waals surface area (Å²) in [5.41, 5.74) is 7.29. The Morgan fingerprint density at radius 1 is 0.379 bits per heavy atom. The van der Waals surface area contributed by atoms with Crippen LogP contribution in [0.5, 0.6) is 0 Å². The van der Waals surface area contributed by atoms with Gasteiger partial charge in [-0.2, -0.15) is 0 Å². The normalized spacial score (nSPS) is 11.9. The average Bonchev–Trinajstić information content (AvgIpc) is 3.95.